The second kappa shape index (κ2) is 4.00. The minimum absolute atomic E-state index is 0.0661. The number of hydrogen-bond donors (Lipinski definition) is 1. The van der Waals surface area contributed by atoms with Gasteiger partial charge in [-0.25, -0.2) is 0 Å². The maximum Gasteiger partial charge on any atom is 0.308 e. The minimum Gasteiger partial charge on any atom is -0.634 e. The van der Waals surface area contributed by atoms with Crippen LogP contribution < -0.4 is 9.80 Å². The number of esters is 1. The van der Waals surface area contributed by atoms with Crippen LogP contribution in [0.1, 0.15) is 24.9 Å². The Morgan fingerprint density at radius 2 is 2.13 bits per heavy atom. The van der Waals surface area contributed by atoms with Gasteiger partial charge in [-0.05, 0) is 24.3 Å². The molecule has 1 heterocycles. The van der Waals surface area contributed by atoms with Crippen LogP contribution in [0.5, 0.6) is 5.75 Å². The highest BCUT2D eigenvalue weighted by Crippen LogP contribution is 2.21. The van der Waals surface area contributed by atoms with E-state index in [4.69, 9.17) is 4.74 Å². The molecule has 0 spiro atoms. The average Bonchev–Trinajstić information content (AvgIpc) is 2.18. The molecule has 1 saturated heterocycles. The van der Waals surface area contributed by atoms with Gasteiger partial charge in [-0.15, -0.1) is 0 Å². The fraction of sp³-hybridized carbons (Fsp3) is 0.364. The van der Waals surface area contributed by atoms with E-state index in [2.05, 4.69) is 0 Å². The molecule has 80 valence electrons. The summed E-state index contributed by atoms with van der Waals surface area (Å²) in [6, 6.07) is 7.21. The van der Waals surface area contributed by atoms with E-state index in [-0.39, 0.29) is 12.0 Å². The Balaban J connectivity index is 2.06. The van der Waals surface area contributed by atoms with E-state index < -0.39 is 0 Å². The van der Waals surface area contributed by atoms with Crippen LogP contribution in [0.15, 0.2) is 24.3 Å². The number of hydroxylamine groups is 2. The van der Waals surface area contributed by atoms with Crippen LogP contribution in [-0.4, -0.2) is 12.5 Å². The lowest BCUT2D eigenvalue weighted by atomic mass is 9.97. The van der Waals surface area contributed by atoms with Crippen LogP contribution in [0.25, 0.3) is 0 Å². The zero-order valence-corrected chi connectivity index (χ0v) is 8.53. The summed E-state index contributed by atoms with van der Waals surface area (Å²) in [5, 5.41) is 11.5. The first-order valence-electron chi connectivity index (χ1n) is 4.98. The predicted octanol–water partition coefficient (Wildman–Crippen LogP) is 0.439. The number of benzene rings is 1. The molecule has 1 aromatic carbocycles. The highest BCUT2D eigenvalue weighted by atomic mass is 16.5. The quantitative estimate of drug-likeness (QED) is 0.435. The molecule has 2 atom stereocenters. The van der Waals surface area contributed by atoms with Gasteiger partial charge < -0.3 is 15.0 Å². The van der Waals surface area contributed by atoms with Crippen molar-refractivity contribution in [1.82, 2.24) is 0 Å². The number of rotatable bonds is 2. The SMILES string of the molecule is CC(=O)Oc1ccc(C2CC[NH+]2[O-])cc1. The summed E-state index contributed by atoms with van der Waals surface area (Å²) in [4.78, 5) is 10.7. The molecule has 0 amide bonds. The van der Waals surface area contributed by atoms with E-state index >= 15 is 0 Å². The molecule has 0 radical (unpaired) electrons. The van der Waals surface area contributed by atoms with Crippen molar-refractivity contribution in [3.05, 3.63) is 35.0 Å². The van der Waals surface area contributed by atoms with E-state index in [9.17, 15) is 10.0 Å². The lowest BCUT2D eigenvalue weighted by Crippen LogP contribution is -3.13. The Hall–Kier alpha value is -1.39. The number of ether oxygens (including phenoxy) is 1. The Morgan fingerprint density at radius 1 is 1.47 bits per heavy atom. The highest BCUT2D eigenvalue weighted by molar-refractivity contribution is 5.69. The van der Waals surface area contributed by atoms with E-state index in [1.54, 1.807) is 12.1 Å². The number of hydrogen-bond acceptors (Lipinski definition) is 3. The Morgan fingerprint density at radius 3 is 2.53 bits per heavy atom. The first-order valence-corrected chi connectivity index (χ1v) is 4.98. The van der Waals surface area contributed by atoms with Gasteiger partial charge in [0.15, 0.2) is 0 Å². The first-order chi connectivity index (χ1) is 7.16. The number of nitrogens with one attached hydrogen (secondary N) is 1. The summed E-state index contributed by atoms with van der Waals surface area (Å²) < 4.78 is 4.90. The van der Waals surface area contributed by atoms with Crippen molar-refractivity contribution in [1.29, 1.82) is 0 Å². The summed E-state index contributed by atoms with van der Waals surface area (Å²) in [6.07, 6.45) is 0.936. The van der Waals surface area contributed by atoms with Crippen molar-refractivity contribution in [3.63, 3.8) is 0 Å². The molecule has 1 aliphatic heterocycles. The van der Waals surface area contributed by atoms with Gasteiger partial charge in [0, 0.05) is 12.5 Å². The van der Waals surface area contributed by atoms with Crippen molar-refractivity contribution in [2.45, 2.75) is 19.4 Å². The summed E-state index contributed by atoms with van der Waals surface area (Å²) >= 11 is 0. The van der Waals surface area contributed by atoms with Crippen molar-refractivity contribution in [2.75, 3.05) is 6.54 Å². The van der Waals surface area contributed by atoms with Crippen molar-refractivity contribution in [3.8, 4) is 5.75 Å². The monoisotopic (exact) mass is 207 g/mol. The van der Waals surface area contributed by atoms with E-state index in [1.165, 1.54) is 6.92 Å². The van der Waals surface area contributed by atoms with Gasteiger partial charge in [0.05, 0.1) is 13.0 Å². The zero-order valence-electron chi connectivity index (χ0n) is 8.53. The molecule has 2 unspecified atom stereocenters. The minimum atomic E-state index is -0.331. The summed E-state index contributed by atoms with van der Waals surface area (Å²) in [7, 11) is 0. The van der Waals surface area contributed by atoms with Gasteiger partial charge in [0.25, 0.3) is 0 Å². The van der Waals surface area contributed by atoms with Crippen LogP contribution in [0.4, 0.5) is 0 Å². The van der Waals surface area contributed by atoms with Gasteiger partial charge in [-0.3, -0.25) is 4.79 Å². The lowest BCUT2D eigenvalue weighted by Gasteiger charge is -2.40. The lowest BCUT2D eigenvalue weighted by molar-refractivity contribution is -0.927. The van der Waals surface area contributed by atoms with Crippen molar-refractivity contribution in [2.24, 2.45) is 0 Å². The van der Waals surface area contributed by atoms with Gasteiger partial charge >= 0.3 is 5.97 Å². The second-order valence-corrected chi connectivity index (χ2v) is 3.72. The van der Waals surface area contributed by atoms with Gasteiger partial charge in [-0.1, -0.05) is 0 Å². The van der Waals surface area contributed by atoms with Crippen molar-refractivity contribution < 1.29 is 14.6 Å². The molecule has 0 aromatic heterocycles. The molecular weight excluding hydrogens is 194 g/mol. The van der Waals surface area contributed by atoms with Crippen LogP contribution in [0.3, 0.4) is 0 Å². The first kappa shape index (κ1) is 10.1. The second-order valence-electron chi connectivity index (χ2n) is 3.72. The Bertz CT molecular complexity index is 361. The molecule has 4 heteroatoms. The van der Waals surface area contributed by atoms with Crippen LogP contribution in [0.2, 0.25) is 0 Å². The highest BCUT2D eigenvalue weighted by Gasteiger charge is 2.27. The molecule has 0 bridgehead atoms. The van der Waals surface area contributed by atoms with Gasteiger partial charge in [0.1, 0.15) is 11.8 Å². The summed E-state index contributed by atoms with van der Waals surface area (Å²) in [6.45, 7) is 2.06. The van der Waals surface area contributed by atoms with Gasteiger partial charge in [-0.2, -0.15) is 0 Å². The van der Waals surface area contributed by atoms with Crippen LogP contribution in [0, 0.1) is 5.21 Å². The molecule has 1 fully saturated rings. The molecule has 15 heavy (non-hydrogen) atoms. The number of carbonyl (C=O) groups excluding carboxylic acids is 1. The fourth-order valence-electron chi connectivity index (χ4n) is 1.69. The molecule has 0 saturated carbocycles. The average molecular weight is 207 g/mol. The standard InChI is InChI=1S/C11H13NO3/c1-8(13)15-10-4-2-9(3-5-10)11-6-7-12(11)14/h2-5,11-12H,6-7H2,1H3. The maximum absolute atomic E-state index is 11.2. The maximum atomic E-state index is 11.2. The van der Waals surface area contributed by atoms with Crippen molar-refractivity contribution >= 4 is 5.97 Å². The normalized spacial score (nSPS) is 24.4. The predicted molar refractivity (Wildman–Crippen MR) is 54.3 cm³/mol. The van der Waals surface area contributed by atoms with E-state index in [1.807, 2.05) is 12.1 Å². The molecular formula is C11H13NO3. The number of carbonyl (C=O) groups is 1. The smallest absolute Gasteiger partial charge is 0.308 e. The molecule has 4 nitrogen and oxygen atoms in total. The third-order valence-corrected chi connectivity index (χ3v) is 2.61. The Kier molecular flexibility index (Phi) is 2.70. The third kappa shape index (κ3) is 2.16. The topological polar surface area (TPSA) is 53.8 Å². The van der Waals surface area contributed by atoms with E-state index in [0.29, 0.717) is 17.4 Å². The third-order valence-electron chi connectivity index (χ3n) is 2.61. The molecule has 1 aliphatic rings. The molecule has 1 aromatic rings. The zero-order chi connectivity index (χ0) is 10.8. The number of quaternary nitrogens is 1. The van der Waals surface area contributed by atoms with Crippen LogP contribution in [-0.2, 0) is 4.79 Å². The summed E-state index contributed by atoms with van der Waals surface area (Å²) in [5.74, 6) is 0.195. The molecule has 1 N–H and O–H groups in total. The molecule has 2 rings (SSSR count). The fourth-order valence-corrected chi connectivity index (χ4v) is 1.69. The Labute approximate surface area is 88.0 Å². The van der Waals surface area contributed by atoms with Gasteiger partial charge in [0.2, 0.25) is 0 Å². The molecule has 0 aliphatic carbocycles. The van der Waals surface area contributed by atoms with Crippen LogP contribution >= 0.6 is 0 Å². The van der Waals surface area contributed by atoms with E-state index in [0.717, 1.165) is 12.0 Å². The summed E-state index contributed by atoms with van der Waals surface area (Å²) in [5.41, 5.74) is 1.02. The largest absolute Gasteiger partial charge is 0.634 e.